The predicted octanol–water partition coefficient (Wildman–Crippen LogP) is 3.52. The fourth-order valence-corrected chi connectivity index (χ4v) is 3.06. The molecule has 1 amide bonds. The molecule has 24 heavy (non-hydrogen) atoms. The SMILES string of the molecule is CN1CCN(C(=O)c2ccnc(Nc3c(Cl)cccc3Cl)c2)CC1. The highest BCUT2D eigenvalue weighted by molar-refractivity contribution is 6.39. The van der Waals surface area contributed by atoms with Crippen LogP contribution in [0.3, 0.4) is 0 Å². The van der Waals surface area contributed by atoms with Gasteiger partial charge in [-0.25, -0.2) is 4.98 Å². The minimum atomic E-state index is 0.0128. The second-order valence-electron chi connectivity index (χ2n) is 5.75. The average Bonchev–Trinajstić information content (AvgIpc) is 2.59. The van der Waals surface area contributed by atoms with E-state index in [2.05, 4.69) is 22.2 Å². The number of nitrogens with zero attached hydrogens (tertiary/aromatic N) is 3. The van der Waals surface area contributed by atoms with Crippen LogP contribution in [0.5, 0.6) is 0 Å². The molecular weight excluding hydrogens is 347 g/mol. The molecule has 0 aliphatic carbocycles. The molecule has 1 aromatic carbocycles. The Morgan fingerprint density at radius 3 is 2.46 bits per heavy atom. The van der Waals surface area contributed by atoms with Crippen molar-refractivity contribution < 1.29 is 4.79 Å². The minimum Gasteiger partial charge on any atom is -0.338 e. The van der Waals surface area contributed by atoms with Gasteiger partial charge in [-0.15, -0.1) is 0 Å². The van der Waals surface area contributed by atoms with E-state index >= 15 is 0 Å². The Labute approximate surface area is 151 Å². The fourth-order valence-electron chi connectivity index (χ4n) is 2.57. The summed E-state index contributed by atoms with van der Waals surface area (Å²) in [5.74, 6) is 0.545. The smallest absolute Gasteiger partial charge is 0.254 e. The van der Waals surface area contributed by atoms with Gasteiger partial charge < -0.3 is 15.1 Å². The highest BCUT2D eigenvalue weighted by atomic mass is 35.5. The summed E-state index contributed by atoms with van der Waals surface area (Å²) >= 11 is 12.3. The molecule has 0 bridgehead atoms. The number of hydrogen-bond donors (Lipinski definition) is 1. The van der Waals surface area contributed by atoms with Crippen LogP contribution in [0.2, 0.25) is 10.0 Å². The number of benzene rings is 1. The molecule has 1 aliphatic rings. The van der Waals surface area contributed by atoms with E-state index in [1.165, 1.54) is 0 Å². The molecule has 2 heterocycles. The molecule has 0 atom stereocenters. The molecule has 5 nitrogen and oxygen atoms in total. The summed E-state index contributed by atoms with van der Waals surface area (Å²) in [6.07, 6.45) is 1.61. The predicted molar refractivity (Wildman–Crippen MR) is 97.4 cm³/mol. The zero-order valence-corrected chi connectivity index (χ0v) is 14.8. The third-order valence-electron chi connectivity index (χ3n) is 4.01. The van der Waals surface area contributed by atoms with Gasteiger partial charge in [-0.2, -0.15) is 0 Å². The van der Waals surface area contributed by atoms with E-state index in [0.717, 1.165) is 26.2 Å². The molecule has 1 N–H and O–H groups in total. The van der Waals surface area contributed by atoms with Crippen LogP contribution in [0, 0.1) is 0 Å². The molecule has 1 fully saturated rings. The van der Waals surface area contributed by atoms with E-state index in [1.807, 2.05) is 4.90 Å². The number of piperazine rings is 1. The lowest BCUT2D eigenvalue weighted by Crippen LogP contribution is -2.47. The number of amides is 1. The lowest BCUT2D eigenvalue weighted by molar-refractivity contribution is 0.0664. The number of likely N-dealkylation sites (N-methyl/N-ethyl adjacent to an activating group) is 1. The van der Waals surface area contributed by atoms with Crippen LogP contribution in [-0.2, 0) is 0 Å². The number of pyridine rings is 1. The molecule has 1 aliphatic heterocycles. The van der Waals surface area contributed by atoms with Crippen LogP contribution >= 0.6 is 23.2 Å². The first-order chi connectivity index (χ1) is 11.5. The van der Waals surface area contributed by atoms with Crippen molar-refractivity contribution in [3.8, 4) is 0 Å². The van der Waals surface area contributed by atoms with Gasteiger partial charge in [0.1, 0.15) is 5.82 Å². The van der Waals surface area contributed by atoms with Crippen molar-refractivity contribution in [2.45, 2.75) is 0 Å². The van der Waals surface area contributed by atoms with E-state index in [1.54, 1.807) is 36.5 Å². The van der Waals surface area contributed by atoms with E-state index in [9.17, 15) is 4.79 Å². The largest absolute Gasteiger partial charge is 0.338 e. The quantitative estimate of drug-likeness (QED) is 0.904. The fraction of sp³-hybridized carbons (Fsp3) is 0.294. The van der Waals surface area contributed by atoms with Crippen molar-refractivity contribution in [3.05, 3.63) is 52.1 Å². The Morgan fingerprint density at radius 2 is 1.79 bits per heavy atom. The zero-order chi connectivity index (χ0) is 17.1. The van der Waals surface area contributed by atoms with Gasteiger partial charge in [-0.1, -0.05) is 29.3 Å². The first-order valence-corrected chi connectivity index (χ1v) is 8.45. The van der Waals surface area contributed by atoms with Crippen LogP contribution in [0.25, 0.3) is 0 Å². The van der Waals surface area contributed by atoms with Crippen LogP contribution in [0.15, 0.2) is 36.5 Å². The van der Waals surface area contributed by atoms with E-state index in [0.29, 0.717) is 27.1 Å². The summed E-state index contributed by atoms with van der Waals surface area (Å²) in [6, 6.07) is 8.71. The molecule has 0 spiro atoms. The van der Waals surface area contributed by atoms with E-state index in [-0.39, 0.29) is 5.91 Å². The Morgan fingerprint density at radius 1 is 1.12 bits per heavy atom. The molecule has 126 valence electrons. The third-order valence-corrected chi connectivity index (χ3v) is 4.64. The summed E-state index contributed by atoms with van der Waals surface area (Å²) in [4.78, 5) is 21.0. The molecular formula is C17H18Cl2N4O. The second-order valence-corrected chi connectivity index (χ2v) is 6.56. The number of anilines is 2. The van der Waals surface area contributed by atoms with Crippen molar-refractivity contribution in [2.24, 2.45) is 0 Å². The lowest BCUT2D eigenvalue weighted by Gasteiger charge is -2.32. The van der Waals surface area contributed by atoms with Crippen LogP contribution in [0.4, 0.5) is 11.5 Å². The van der Waals surface area contributed by atoms with Crippen LogP contribution in [0.1, 0.15) is 10.4 Å². The van der Waals surface area contributed by atoms with Crippen molar-refractivity contribution >= 4 is 40.6 Å². The molecule has 2 aromatic rings. The van der Waals surface area contributed by atoms with Crippen molar-refractivity contribution in [3.63, 3.8) is 0 Å². The first kappa shape index (κ1) is 17.0. The summed E-state index contributed by atoms with van der Waals surface area (Å²) in [5.41, 5.74) is 1.18. The summed E-state index contributed by atoms with van der Waals surface area (Å²) in [6.45, 7) is 3.24. The van der Waals surface area contributed by atoms with E-state index < -0.39 is 0 Å². The molecule has 3 rings (SSSR count). The standard InChI is InChI=1S/C17H18Cl2N4O/c1-22-7-9-23(10-8-22)17(24)12-5-6-20-15(11-12)21-16-13(18)3-2-4-14(16)19/h2-6,11H,7-10H2,1H3,(H,20,21). The minimum absolute atomic E-state index is 0.0128. The summed E-state index contributed by atoms with van der Waals surface area (Å²) in [7, 11) is 2.06. The second kappa shape index (κ2) is 7.38. The molecule has 0 unspecified atom stereocenters. The first-order valence-electron chi connectivity index (χ1n) is 7.69. The zero-order valence-electron chi connectivity index (χ0n) is 13.3. The number of hydrogen-bond acceptors (Lipinski definition) is 4. The van der Waals surface area contributed by atoms with Gasteiger partial charge in [0, 0.05) is 37.9 Å². The van der Waals surface area contributed by atoms with Gasteiger partial charge in [0.2, 0.25) is 0 Å². The third kappa shape index (κ3) is 3.80. The average molecular weight is 365 g/mol. The Balaban J connectivity index is 1.78. The molecule has 7 heteroatoms. The van der Waals surface area contributed by atoms with Crippen molar-refractivity contribution in [1.29, 1.82) is 0 Å². The summed E-state index contributed by atoms with van der Waals surface area (Å²) in [5, 5.41) is 4.09. The summed E-state index contributed by atoms with van der Waals surface area (Å²) < 4.78 is 0. The van der Waals surface area contributed by atoms with Gasteiger partial charge in [-0.3, -0.25) is 4.79 Å². The maximum atomic E-state index is 12.6. The molecule has 0 radical (unpaired) electrons. The number of nitrogens with one attached hydrogen (secondary N) is 1. The maximum Gasteiger partial charge on any atom is 0.254 e. The van der Waals surface area contributed by atoms with Gasteiger partial charge in [0.25, 0.3) is 5.91 Å². The number of aromatic nitrogens is 1. The number of rotatable bonds is 3. The highest BCUT2D eigenvalue weighted by Gasteiger charge is 2.20. The van der Waals surface area contributed by atoms with Gasteiger partial charge in [-0.05, 0) is 31.3 Å². The van der Waals surface area contributed by atoms with Crippen LogP contribution < -0.4 is 5.32 Å². The number of carbonyl (C=O) groups excluding carboxylic acids is 1. The van der Waals surface area contributed by atoms with Crippen molar-refractivity contribution in [2.75, 3.05) is 38.5 Å². The van der Waals surface area contributed by atoms with Crippen molar-refractivity contribution in [1.82, 2.24) is 14.8 Å². The maximum absolute atomic E-state index is 12.6. The highest BCUT2D eigenvalue weighted by Crippen LogP contribution is 2.32. The van der Waals surface area contributed by atoms with Gasteiger partial charge in [0.15, 0.2) is 0 Å². The Hall–Kier alpha value is -1.82. The number of para-hydroxylation sites is 1. The Kier molecular flexibility index (Phi) is 5.23. The normalized spacial score (nSPS) is 15.4. The lowest BCUT2D eigenvalue weighted by atomic mass is 10.2. The number of halogens is 2. The monoisotopic (exact) mass is 364 g/mol. The van der Waals surface area contributed by atoms with Crippen LogP contribution in [-0.4, -0.2) is 53.9 Å². The Bertz CT molecular complexity index is 725. The molecule has 1 saturated heterocycles. The molecule has 0 saturated carbocycles. The number of carbonyl (C=O) groups is 1. The van der Waals surface area contributed by atoms with E-state index in [4.69, 9.17) is 23.2 Å². The molecule has 1 aromatic heterocycles. The van der Waals surface area contributed by atoms with Gasteiger partial charge >= 0.3 is 0 Å². The van der Waals surface area contributed by atoms with Gasteiger partial charge in [0.05, 0.1) is 15.7 Å². The topological polar surface area (TPSA) is 48.5 Å².